The van der Waals surface area contributed by atoms with E-state index in [1.807, 2.05) is 27.7 Å². The van der Waals surface area contributed by atoms with Gasteiger partial charge in [-0.15, -0.1) is 0 Å². The third kappa shape index (κ3) is 3.51. The van der Waals surface area contributed by atoms with Gasteiger partial charge in [0.15, 0.2) is 0 Å². The molecule has 5 heteroatoms. The number of carbonyl (C=O) groups excluding carboxylic acids is 1. The fourth-order valence-corrected chi connectivity index (χ4v) is 3.10. The first-order valence-electron chi connectivity index (χ1n) is 7.57. The number of hydrogen-bond acceptors (Lipinski definition) is 3. The molecule has 5 nitrogen and oxygen atoms in total. The van der Waals surface area contributed by atoms with Crippen LogP contribution in [0.1, 0.15) is 53.4 Å². The molecule has 20 heavy (non-hydrogen) atoms. The molecule has 0 atom stereocenters. The maximum absolute atomic E-state index is 12.5. The Labute approximate surface area is 121 Å². The van der Waals surface area contributed by atoms with Gasteiger partial charge in [-0.25, -0.2) is 0 Å². The van der Waals surface area contributed by atoms with Crippen LogP contribution < -0.4 is 5.32 Å². The van der Waals surface area contributed by atoms with Gasteiger partial charge in [-0.2, -0.15) is 0 Å². The van der Waals surface area contributed by atoms with Crippen LogP contribution in [-0.2, 0) is 9.59 Å². The minimum atomic E-state index is -0.711. The largest absolute Gasteiger partial charge is 0.481 e. The van der Waals surface area contributed by atoms with Gasteiger partial charge in [0.1, 0.15) is 0 Å². The number of aliphatic carboxylic acids is 1. The number of carboxylic acid groups (broad SMARTS) is 1. The molecule has 0 aromatic carbocycles. The van der Waals surface area contributed by atoms with Crippen molar-refractivity contribution in [2.75, 3.05) is 19.6 Å². The molecule has 1 heterocycles. The molecule has 0 radical (unpaired) electrons. The highest BCUT2D eigenvalue weighted by Crippen LogP contribution is 2.36. The van der Waals surface area contributed by atoms with E-state index in [0.29, 0.717) is 32.4 Å². The van der Waals surface area contributed by atoms with Crippen LogP contribution in [0.4, 0.5) is 0 Å². The smallest absolute Gasteiger partial charge is 0.309 e. The van der Waals surface area contributed by atoms with Crippen molar-refractivity contribution in [3.05, 3.63) is 0 Å². The molecule has 1 aliphatic rings. The van der Waals surface area contributed by atoms with Crippen LogP contribution in [0.3, 0.4) is 0 Å². The number of hydrogen-bond donors (Lipinski definition) is 2. The van der Waals surface area contributed by atoms with Gasteiger partial charge < -0.3 is 15.3 Å². The van der Waals surface area contributed by atoms with E-state index in [-0.39, 0.29) is 5.91 Å². The van der Waals surface area contributed by atoms with Crippen LogP contribution in [0.2, 0.25) is 0 Å². The standard InChI is InChI=1S/C15H28N2O3/c1-5-7-15(13(19)20)8-10-17(11-9-15)12(18)14(3,4)16-6-2/h16H,5-11H2,1-4H3,(H,19,20). The summed E-state index contributed by atoms with van der Waals surface area (Å²) in [7, 11) is 0. The minimum Gasteiger partial charge on any atom is -0.481 e. The summed E-state index contributed by atoms with van der Waals surface area (Å²) in [4.78, 5) is 25.8. The van der Waals surface area contributed by atoms with E-state index in [1.165, 1.54) is 0 Å². The number of amides is 1. The second-order valence-electron chi connectivity index (χ2n) is 6.28. The first-order valence-corrected chi connectivity index (χ1v) is 7.57. The summed E-state index contributed by atoms with van der Waals surface area (Å²) >= 11 is 0. The van der Waals surface area contributed by atoms with E-state index >= 15 is 0 Å². The number of likely N-dealkylation sites (N-methyl/N-ethyl adjacent to an activating group) is 1. The monoisotopic (exact) mass is 284 g/mol. The Morgan fingerprint density at radius 3 is 2.20 bits per heavy atom. The summed E-state index contributed by atoms with van der Waals surface area (Å²) in [6.45, 7) is 9.56. The lowest BCUT2D eigenvalue weighted by atomic mass is 9.75. The average Bonchev–Trinajstić information content (AvgIpc) is 2.39. The van der Waals surface area contributed by atoms with Crippen LogP contribution in [0.25, 0.3) is 0 Å². The average molecular weight is 284 g/mol. The Morgan fingerprint density at radius 2 is 1.80 bits per heavy atom. The minimum absolute atomic E-state index is 0.0647. The summed E-state index contributed by atoms with van der Waals surface area (Å²) in [5.74, 6) is -0.646. The molecule has 1 aliphatic heterocycles. The van der Waals surface area contributed by atoms with Crippen LogP contribution in [0.15, 0.2) is 0 Å². The van der Waals surface area contributed by atoms with Gasteiger partial charge in [0.05, 0.1) is 11.0 Å². The molecule has 2 N–H and O–H groups in total. The predicted octanol–water partition coefficient (Wildman–Crippen LogP) is 1.87. The number of carbonyl (C=O) groups is 2. The van der Waals surface area contributed by atoms with E-state index in [2.05, 4.69) is 5.32 Å². The summed E-state index contributed by atoms with van der Waals surface area (Å²) in [6.07, 6.45) is 2.68. The molecular formula is C15H28N2O3. The fourth-order valence-electron chi connectivity index (χ4n) is 3.10. The molecule has 1 rings (SSSR count). The topological polar surface area (TPSA) is 69.6 Å². The van der Waals surface area contributed by atoms with E-state index in [4.69, 9.17) is 0 Å². The maximum Gasteiger partial charge on any atom is 0.309 e. The molecular weight excluding hydrogens is 256 g/mol. The maximum atomic E-state index is 12.5. The SMILES string of the molecule is CCCC1(C(=O)O)CCN(C(=O)C(C)(C)NCC)CC1. The molecule has 0 aliphatic carbocycles. The summed E-state index contributed by atoms with van der Waals surface area (Å²) < 4.78 is 0. The van der Waals surface area contributed by atoms with Crippen LogP contribution in [-0.4, -0.2) is 47.1 Å². The predicted molar refractivity (Wildman–Crippen MR) is 78.5 cm³/mol. The number of carboxylic acids is 1. The van der Waals surface area contributed by atoms with E-state index in [1.54, 1.807) is 4.90 Å². The zero-order valence-electron chi connectivity index (χ0n) is 13.2. The molecule has 116 valence electrons. The fraction of sp³-hybridized carbons (Fsp3) is 0.867. The quantitative estimate of drug-likeness (QED) is 0.781. The molecule has 1 amide bonds. The molecule has 0 unspecified atom stereocenters. The zero-order chi connectivity index (χ0) is 15.4. The summed E-state index contributed by atoms with van der Waals surface area (Å²) in [6, 6.07) is 0. The summed E-state index contributed by atoms with van der Waals surface area (Å²) in [5, 5.41) is 12.7. The van der Waals surface area contributed by atoms with E-state index in [0.717, 1.165) is 13.0 Å². The Kier molecular flexibility index (Phi) is 5.57. The number of piperidine rings is 1. The third-order valence-electron chi connectivity index (χ3n) is 4.34. The molecule has 0 saturated carbocycles. The summed E-state index contributed by atoms with van der Waals surface area (Å²) in [5.41, 5.74) is -1.21. The van der Waals surface area contributed by atoms with Gasteiger partial charge in [-0.05, 0) is 39.7 Å². The number of nitrogens with one attached hydrogen (secondary N) is 1. The lowest BCUT2D eigenvalue weighted by Crippen LogP contribution is -2.57. The van der Waals surface area contributed by atoms with Gasteiger partial charge in [0, 0.05) is 13.1 Å². The third-order valence-corrected chi connectivity index (χ3v) is 4.34. The van der Waals surface area contributed by atoms with Crippen molar-refractivity contribution in [3.63, 3.8) is 0 Å². The van der Waals surface area contributed by atoms with Crippen molar-refractivity contribution in [3.8, 4) is 0 Å². The normalized spacial score (nSPS) is 18.9. The second kappa shape index (κ2) is 6.57. The highest BCUT2D eigenvalue weighted by molar-refractivity contribution is 5.86. The van der Waals surface area contributed by atoms with Crippen molar-refractivity contribution in [1.29, 1.82) is 0 Å². The molecule has 1 saturated heterocycles. The Hall–Kier alpha value is -1.10. The van der Waals surface area contributed by atoms with Crippen molar-refractivity contribution in [1.82, 2.24) is 10.2 Å². The van der Waals surface area contributed by atoms with Gasteiger partial charge in [0.25, 0.3) is 0 Å². The second-order valence-corrected chi connectivity index (χ2v) is 6.28. The molecule has 1 fully saturated rings. The van der Waals surface area contributed by atoms with E-state index < -0.39 is 16.9 Å². The first-order chi connectivity index (χ1) is 9.29. The van der Waals surface area contributed by atoms with Crippen LogP contribution in [0.5, 0.6) is 0 Å². The number of likely N-dealkylation sites (tertiary alicyclic amines) is 1. The first kappa shape index (κ1) is 17.0. The Bertz CT molecular complexity index is 358. The zero-order valence-corrected chi connectivity index (χ0v) is 13.2. The van der Waals surface area contributed by atoms with Gasteiger partial charge in [-0.1, -0.05) is 20.3 Å². The molecule has 0 spiro atoms. The van der Waals surface area contributed by atoms with Crippen LogP contribution >= 0.6 is 0 Å². The van der Waals surface area contributed by atoms with Crippen molar-refractivity contribution in [2.45, 2.75) is 58.9 Å². The van der Waals surface area contributed by atoms with Gasteiger partial charge in [-0.3, -0.25) is 9.59 Å². The Balaban J connectivity index is 2.70. The van der Waals surface area contributed by atoms with E-state index in [9.17, 15) is 14.7 Å². The molecule has 0 aromatic heterocycles. The lowest BCUT2D eigenvalue weighted by Gasteiger charge is -2.41. The van der Waals surface area contributed by atoms with Crippen molar-refractivity contribution < 1.29 is 14.7 Å². The lowest BCUT2D eigenvalue weighted by molar-refractivity contribution is -0.156. The van der Waals surface area contributed by atoms with Gasteiger partial charge >= 0.3 is 5.97 Å². The molecule has 0 aromatic rings. The highest BCUT2D eigenvalue weighted by atomic mass is 16.4. The van der Waals surface area contributed by atoms with Crippen molar-refractivity contribution >= 4 is 11.9 Å². The van der Waals surface area contributed by atoms with Gasteiger partial charge in [0.2, 0.25) is 5.91 Å². The van der Waals surface area contributed by atoms with Crippen molar-refractivity contribution in [2.24, 2.45) is 5.41 Å². The highest BCUT2D eigenvalue weighted by Gasteiger charge is 2.43. The van der Waals surface area contributed by atoms with Crippen LogP contribution in [0, 0.1) is 5.41 Å². The number of rotatable bonds is 6. The molecule has 0 bridgehead atoms. The number of nitrogens with zero attached hydrogens (tertiary/aromatic N) is 1. The Morgan fingerprint density at radius 1 is 1.25 bits per heavy atom.